The Labute approximate surface area is 180 Å². The summed E-state index contributed by atoms with van der Waals surface area (Å²) in [5.74, 6) is 1.45. The number of hydrogen-bond acceptors (Lipinski definition) is 7. The second kappa shape index (κ2) is 11.2. The fourth-order valence-electron chi connectivity index (χ4n) is 3.85. The number of aliphatic hydroxyl groups is 1. The molecule has 2 heterocycles. The van der Waals surface area contributed by atoms with Crippen molar-refractivity contribution in [3.63, 3.8) is 0 Å². The molecule has 1 atom stereocenters. The van der Waals surface area contributed by atoms with Gasteiger partial charge in [-0.3, -0.25) is 4.98 Å². The third-order valence-electron chi connectivity index (χ3n) is 5.60. The van der Waals surface area contributed by atoms with E-state index in [1.807, 2.05) is 18.5 Å². The Morgan fingerprint density at radius 1 is 1.10 bits per heavy atom. The van der Waals surface area contributed by atoms with Crippen LogP contribution in [0, 0.1) is 0 Å². The standard InChI is InChI=1S/C23H36N6O/c1-4-6-16(3)27-23-26-15-20(21-12-7-17(14-25-21)13-24-5-2)22(29-23)28-18-8-10-19(30)11-9-18/h7,12,14-16,18-19,24,30H,4-6,8-11,13H2,1-3H3,(H2,26,27,28,29). The van der Waals surface area contributed by atoms with Crippen LogP contribution in [-0.2, 0) is 6.54 Å². The Morgan fingerprint density at radius 2 is 1.90 bits per heavy atom. The quantitative estimate of drug-likeness (QED) is 0.469. The maximum absolute atomic E-state index is 9.83. The van der Waals surface area contributed by atoms with Crippen molar-refractivity contribution in [2.75, 3.05) is 17.2 Å². The summed E-state index contributed by atoms with van der Waals surface area (Å²) >= 11 is 0. The molecule has 4 N–H and O–H groups in total. The van der Waals surface area contributed by atoms with E-state index in [1.165, 1.54) is 0 Å². The monoisotopic (exact) mass is 412 g/mol. The van der Waals surface area contributed by atoms with Gasteiger partial charge in [0.05, 0.1) is 17.4 Å². The molecule has 2 aromatic heterocycles. The molecule has 30 heavy (non-hydrogen) atoms. The lowest BCUT2D eigenvalue weighted by Gasteiger charge is -2.27. The van der Waals surface area contributed by atoms with Crippen LogP contribution in [-0.4, -0.2) is 44.8 Å². The fraction of sp³-hybridized carbons (Fsp3) is 0.609. The van der Waals surface area contributed by atoms with Gasteiger partial charge in [-0.05, 0) is 57.2 Å². The van der Waals surface area contributed by atoms with Gasteiger partial charge >= 0.3 is 0 Å². The summed E-state index contributed by atoms with van der Waals surface area (Å²) < 4.78 is 0. The summed E-state index contributed by atoms with van der Waals surface area (Å²) in [5.41, 5.74) is 2.93. The van der Waals surface area contributed by atoms with E-state index in [-0.39, 0.29) is 6.10 Å². The van der Waals surface area contributed by atoms with Crippen molar-refractivity contribution in [3.8, 4) is 11.3 Å². The third kappa shape index (κ3) is 6.37. The highest BCUT2D eigenvalue weighted by molar-refractivity contribution is 5.73. The second-order valence-corrected chi connectivity index (χ2v) is 8.27. The van der Waals surface area contributed by atoms with Crippen LogP contribution < -0.4 is 16.0 Å². The van der Waals surface area contributed by atoms with Crippen molar-refractivity contribution in [2.24, 2.45) is 0 Å². The van der Waals surface area contributed by atoms with E-state index in [0.717, 1.165) is 74.3 Å². The van der Waals surface area contributed by atoms with Crippen LogP contribution in [0.15, 0.2) is 24.5 Å². The highest BCUT2D eigenvalue weighted by Gasteiger charge is 2.21. The number of hydrogen-bond donors (Lipinski definition) is 4. The molecule has 1 unspecified atom stereocenters. The molecule has 0 spiro atoms. The average Bonchev–Trinajstić information content (AvgIpc) is 2.75. The largest absolute Gasteiger partial charge is 0.393 e. The zero-order valence-electron chi connectivity index (χ0n) is 18.5. The molecule has 0 saturated heterocycles. The number of nitrogens with one attached hydrogen (secondary N) is 3. The number of nitrogens with zero attached hydrogens (tertiary/aromatic N) is 3. The maximum Gasteiger partial charge on any atom is 0.224 e. The lowest BCUT2D eigenvalue weighted by atomic mass is 9.93. The van der Waals surface area contributed by atoms with E-state index in [9.17, 15) is 5.11 Å². The van der Waals surface area contributed by atoms with Crippen LogP contribution in [0.2, 0.25) is 0 Å². The molecular weight excluding hydrogens is 376 g/mol. The molecule has 2 aromatic rings. The molecule has 0 aliphatic heterocycles. The number of anilines is 2. The second-order valence-electron chi connectivity index (χ2n) is 8.27. The van der Waals surface area contributed by atoms with Crippen molar-refractivity contribution in [1.82, 2.24) is 20.3 Å². The first-order valence-electron chi connectivity index (χ1n) is 11.3. The van der Waals surface area contributed by atoms with E-state index in [1.54, 1.807) is 0 Å². The zero-order valence-corrected chi connectivity index (χ0v) is 18.5. The van der Waals surface area contributed by atoms with Crippen molar-refractivity contribution in [2.45, 2.75) is 84.0 Å². The van der Waals surface area contributed by atoms with Crippen molar-refractivity contribution >= 4 is 11.8 Å². The number of aromatic nitrogens is 3. The van der Waals surface area contributed by atoms with Gasteiger partial charge in [0, 0.05) is 31.0 Å². The molecule has 7 heteroatoms. The molecule has 0 radical (unpaired) electrons. The maximum atomic E-state index is 9.83. The molecule has 3 rings (SSSR count). The van der Waals surface area contributed by atoms with Gasteiger partial charge in [-0.25, -0.2) is 4.98 Å². The molecule has 164 valence electrons. The molecular formula is C23H36N6O. The van der Waals surface area contributed by atoms with Gasteiger partial charge in [-0.15, -0.1) is 0 Å². The van der Waals surface area contributed by atoms with Gasteiger partial charge in [-0.1, -0.05) is 26.3 Å². The molecule has 1 aliphatic rings. The van der Waals surface area contributed by atoms with Crippen LogP contribution in [0.25, 0.3) is 11.3 Å². The van der Waals surface area contributed by atoms with Crippen molar-refractivity contribution in [1.29, 1.82) is 0 Å². The predicted octanol–water partition coefficient (Wildman–Crippen LogP) is 3.96. The minimum atomic E-state index is -0.175. The van der Waals surface area contributed by atoms with Crippen molar-refractivity contribution in [3.05, 3.63) is 30.1 Å². The van der Waals surface area contributed by atoms with E-state index >= 15 is 0 Å². The van der Waals surface area contributed by atoms with Gasteiger partial charge in [0.2, 0.25) is 5.95 Å². The first-order valence-corrected chi connectivity index (χ1v) is 11.3. The minimum Gasteiger partial charge on any atom is -0.393 e. The fourth-order valence-corrected chi connectivity index (χ4v) is 3.85. The Bertz CT molecular complexity index is 774. The highest BCUT2D eigenvalue weighted by atomic mass is 16.3. The van der Waals surface area contributed by atoms with E-state index in [2.05, 4.69) is 52.8 Å². The number of rotatable bonds is 10. The van der Waals surface area contributed by atoms with Gasteiger partial charge in [0.15, 0.2) is 0 Å². The number of pyridine rings is 1. The first kappa shape index (κ1) is 22.4. The normalized spacial score (nSPS) is 20.0. The smallest absolute Gasteiger partial charge is 0.224 e. The lowest BCUT2D eigenvalue weighted by Crippen LogP contribution is -2.29. The van der Waals surface area contributed by atoms with Gasteiger partial charge in [0.25, 0.3) is 0 Å². The lowest BCUT2D eigenvalue weighted by molar-refractivity contribution is 0.126. The minimum absolute atomic E-state index is 0.175. The first-order chi connectivity index (χ1) is 14.6. The number of aliphatic hydroxyl groups excluding tert-OH is 1. The van der Waals surface area contributed by atoms with Gasteiger partial charge in [-0.2, -0.15) is 4.98 Å². The highest BCUT2D eigenvalue weighted by Crippen LogP contribution is 2.29. The topological polar surface area (TPSA) is 95.0 Å². The van der Waals surface area contributed by atoms with E-state index in [4.69, 9.17) is 4.98 Å². The zero-order chi connectivity index (χ0) is 21.3. The molecule has 0 amide bonds. The Morgan fingerprint density at radius 3 is 2.57 bits per heavy atom. The summed E-state index contributed by atoms with van der Waals surface area (Å²) in [5, 5.41) is 20.2. The molecule has 0 bridgehead atoms. The summed E-state index contributed by atoms with van der Waals surface area (Å²) in [6, 6.07) is 4.76. The van der Waals surface area contributed by atoms with Crippen LogP contribution >= 0.6 is 0 Å². The van der Waals surface area contributed by atoms with Crippen LogP contribution in [0.3, 0.4) is 0 Å². The molecule has 0 aromatic carbocycles. The van der Waals surface area contributed by atoms with Gasteiger partial charge < -0.3 is 21.1 Å². The predicted molar refractivity (Wildman–Crippen MR) is 123 cm³/mol. The molecule has 1 fully saturated rings. The summed E-state index contributed by atoms with van der Waals surface area (Å²) in [4.78, 5) is 14.0. The Balaban J connectivity index is 1.82. The summed E-state index contributed by atoms with van der Waals surface area (Å²) in [7, 11) is 0. The van der Waals surface area contributed by atoms with Crippen LogP contribution in [0.5, 0.6) is 0 Å². The van der Waals surface area contributed by atoms with Crippen molar-refractivity contribution < 1.29 is 5.11 Å². The Hall–Kier alpha value is -2.25. The van der Waals surface area contributed by atoms with Crippen LogP contribution in [0.1, 0.15) is 64.9 Å². The summed E-state index contributed by atoms with van der Waals surface area (Å²) in [6.07, 6.45) is 9.32. The Kier molecular flexibility index (Phi) is 8.39. The van der Waals surface area contributed by atoms with Crippen LogP contribution in [0.4, 0.5) is 11.8 Å². The molecule has 7 nitrogen and oxygen atoms in total. The molecule has 1 aliphatic carbocycles. The molecule has 1 saturated carbocycles. The third-order valence-corrected chi connectivity index (χ3v) is 5.60. The van der Waals surface area contributed by atoms with Gasteiger partial charge in [0.1, 0.15) is 5.82 Å². The average molecular weight is 413 g/mol. The van der Waals surface area contributed by atoms with E-state index in [0.29, 0.717) is 18.0 Å². The van der Waals surface area contributed by atoms with E-state index < -0.39 is 0 Å². The SMILES string of the molecule is CCCC(C)Nc1ncc(-c2ccc(CNCC)cn2)c(NC2CCC(O)CC2)n1. The summed E-state index contributed by atoms with van der Waals surface area (Å²) in [6.45, 7) is 8.18.